The third-order valence-corrected chi connectivity index (χ3v) is 15.0. The first kappa shape index (κ1) is 71.7. The summed E-state index contributed by atoms with van der Waals surface area (Å²) in [7, 11) is 12.6. The molecule has 0 saturated heterocycles. The van der Waals surface area contributed by atoms with Crippen molar-refractivity contribution in [2.75, 3.05) is 111 Å². The van der Waals surface area contributed by atoms with Gasteiger partial charge in [-0.15, -0.1) is 0 Å². The summed E-state index contributed by atoms with van der Waals surface area (Å²) >= 11 is 0. The van der Waals surface area contributed by atoms with Crippen molar-refractivity contribution < 1.29 is 75.8 Å². The summed E-state index contributed by atoms with van der Waals surface area (Å²) in [5, 5.41) is 0. The highest BCUT2D eigenvalue weighted by atomic mass is 16.7. The Morgan fingerprint density at radius 1 is 0.190 bits per heavy atom. The summed E-state index contributed by atoms with van der Waals surface area (Å²) in [6, 6.07) is 73.5. The van der Waals surface area contributed by atoms with Crippen molar-refractivity contribution in [3.8, 4) is 57.1 Å². The van der Waals surface area contributed by atoms with Crippen LogP contribution in [0.3, 0.4) is 0 Å². The highest BCUT2D eigenvalue weighted by molar-refractivity contribution is 6.18. The first-order valence-electron chi connectivity index (χ1n) is 31.6. The van der Waals surface area contributed by atoms with Gasteiger partial charge in [-0.3, -0.25) is 0 Å². The molecule has 0 atom stereocenters. The molecule has 0 N–H and O–H groups in total. The third kappa shape index (κ3) is 20.1. The number of ether oxygens (including phenoxy) is 16. The number of nitrogens with zero attached hydrogens (tertiary/aromatic N) is 4. The van der Waals surface area contributed by atoms with E-state index in [9.17, 15) is 0 Å². The molecule has 0 aromatic heterocycles. The first-order chi connectivity index (χ1) is 49.2. The molecule has 0 heterocycles. The van der Waals surface area contributed by atoms with Crippen LogP contribution in [0.15, 0.2) is 250 Å². The molecule has 0 spiro atoms. The highest BCUT2D eigenvalue weighted by Gasteiger charge is 2.19. The van der Waals surface area contributed by atoms with Crippen LogP contribution in [-0.2, 0) is 37.9 Å². The van der Waals surface area contributed by atoms with E-state index in [4.69, 9.17) is 95.8 Å². The summed E-state index contributed by atoms with van der Waals surface area (Å²) in [6.45, 7) is 0.609. The fourth-order valence-corrected chi connectivity index (χ4v) is 10.1. The van der Waals surface area contributed by atoms with Crippen LogP contribution in [0.1, 0.15) is 44.5 Å². The summed E-state index contributed by atoms with van der Waals surface area (Å²) in [4.78, 5) is 22.5. The lowest BCUT2D eigenvalue weighted by molar-refractivity contribution is 0.0509. The lowest BCUT2D eigenvalue weighted by atomic mass is 9.99. The number of methoxy groups -OCH3 is 8. The Bertz CT molecular complexity index is 3810. The Labute approximate surface area is 582 Å². The summed E-state index contributed by atoms with van der Waals surface area (Å²) < 4.78 is 88.7. The second-order valence-corrected chi connectivity index (χ2v) is 21.9. The fraction of sp³-hybridized carbons (Fsp3) is 0.200. The Kier molecular flexibility index (Phi) is 27.0. The van der Waals surface area contributed by atoms with Gasteiger partial charge in [0.1, 0.15) is 46.0 Å². The minimum Gasteiger partial charge on any atom is -0.468 e. The molecule has 0 aliphatic rings. The molecule has 10 aromatic rings. The van der Waals surface area contributed by atoms with Gasteiger partial charge in [-0.05, 0) is 230 Å². The van der Waals surface area contributed by atoms with Gasteiger partial charge in [0, 0.05) is 101 Å². The number of benzene rings is 10. The number of hydrogen-bond donors (Lipinski definition) is 0. The lowest BCUT2D eigenvalue weighted by Gasteiger charge is -2.15. The molecule has 10 rings (SSSR count). The molecule has 0 aliphatic heterocycles. The van der Waals surface area contributed by atoms with E-state index in [-0.39, 0.29) is 54.3 Å². The molecule has 10 aromatic carbocycles. The lowest BCUT2D eigenvalue weighted by Crippen LogP contribution is -2.06. The Hall–Kier alpha value is -11.0. The second-order valence-electron chi connectivity index (χ2n) is 21.9. The molecular weight excluding hydrogens is 1270 g/mol. The van der Waals surface area contributed by atoms with Crippen molar-refractivity contribution in [2.45, 2.75) is 0 Å². The molecule has 0 unspecified atom stereocenters. The summed E-state index contributed by atoms with van der Waals surface area (Å²) in [6.07, 6.45) is 0. The standard InChI is InChI=1S/C80H78N4O16/c1-85-47-93-65-27-9-55(10-28-65)77(56-11-29-66(30-12-56)94-48-86-2)81-73-43-25-63(45-75(73)83-79(59-17-35-69(36-18-59)97-51-89-5)60-19-37-70(38-20-60)98-52-90-6)64-26-44-74(82-78(57-13-31-67(32-14-57)95-49-87-3)58-15-33-68(34-16-58)96-50-88-4)76(46-64)84-80(61-21-39-71(40-22-61)99-53-91-7)62-23-41-72(42-24-62)100-54-92-8/h9-46H,47-54H2,1-8H3. The van der Waals surface area contributed by atoms with E-state index in [0.29, 0.717) is 91.6 Å². The zero-order valence-corrected chi connectivity index (χ0v) is 56.9. The predicted octanol–water partition coefficient (Wildman–Crippen LogP) is 15.9. The van der Waals surface area contributed by atoms with E-state index < -0.39 is 0 Å². The largest absolute Gasteiger partial charge is 0.468 e. The Balaban J connectivity index is 1.24. The molecule has 0 saturated carbocycles. The maximum atomic E-state index is 5.87. The van der Waals surface area contributed by atoms with Crippen LogP contribution in [0.5, 0.6) is 46.0 Å². The number of aliphatic imine (C=N–C) groups is 4. The maximum absolute atomic E-state index is 5.87. The van der Waals surface area contributed by atoms with Crippen molar-refractivity contribution in [1.29, 1.82) is 0 Å². The molecule has 0 bridgehead atoms. The van der Waals surface area contributed by atoms with Crippen LogP contribution in [0.25, 0.3) is 11.1 Å². The van der Waals surface area contributed by atoms with Gasteiger partial charge in [0.25, 0.3) is 0 Å². The quantitative estimate of drug-likeness (QED) is 0.0263. The van der Waals surface area contributed by atoms with Gasteiger partial charge in [-0.2, -0.15) is 0 Å². The summed E-state index contributed by atoms with van der Waals surface area (Å²) in [5.74, 6) is 4.93. The zero-order chi connectivity index (χ0) is 69.7. The van der Waals surface area contributed by atoms with Gasteiger partial charge in [0.15, 0.2) is 54.3 Å². The van der Waals surface area contributed by atoms with Crippen LogP contribution >= 0.6 is 0 Å². The van der Waals surface area contributed by atoms with Crippen molar-refractivity contribution in [2.24, 2.45) is 20.0 Å². The van der Waals surface area contributed by atoms with Crippen LogP contribution in [0.2, 0.25) is 0 Å². The molecule has 0 amide bonds. The van der Waals surface area contributed by atoms with Gasteiger partial charge >= 0.3 is 0 Å². The smallest absolute Gasteiger partial charge is 0.188 e. The molecule has 20 heteroatoms. The van der Waals surface area contributed by atoms with E-state index in [0.717, 1.165) is 55.6 Å². The third-order valence-electron chi connectivity index (χ3n) is 15.0. The molecule has 0 radical (unpaired) electrons. The Morgan fingerprint density at radius 2 is 0.340 bits per heavy atom. The van der Waals surface area contributed by atoms with Crippen LogP contribution in [0, 0.1) is 0 Å². The van der Waals surface area contributed by atoms with Crippen LogP contribution in [0.4, 0.5) is 22.7 Å². The van der Waals surface area contributed by atoms with Gasteiger partial charge < -0.3 is 75.8 Å². The molecular formula is C80H78N4O16. The highest BCUT2D eigenvalue weighted by Crippen LogP contribution is 2.41. The zero-order valence-electron chi connectivity index (χ0n) is 56.9. The van der Waals surface area contributed by atoms with Crippen molar-refractivity contribution in [1.82, 2.24) is 0 Å². The van der Waals surface area contributed by atoms with Crippen molar-refractivity contribution in [3.63, 3.8) is 0 Å². The normalized spacial score (nSPS) is 10.8. The minimum absolute atomic E-state index is 0.0721. The van der Waals surface area contributed by atoms with Gasteiger partial charge in [-0.25, -0.2) is 20.0 Å². The number of hydrogen-bond acceptors (Lipinski definition) is 20. The van der Waals surface area contributed by atoms with E-state index in [1.807, 2.05) is 231 Å². The maximum Gasteiger partial charge on any atom is 0.188 e. The Morgan fingerprint density at radius 3 is 0.490 bits per heavy atom. The topological polar surface area (TPSA) is 197 Å². The van der Waals surface area contributed by atoms with Gasteiger partial charge in [-0.1, -0.05) is 12.1 Å². The van der Waals surface area contributed by atoms with Crippen molar-refractivity contribution >= 4 is 45.6 Å². The monoisotopic (exact) mass is 1350 g/mol. The van der Waals surface area contributed by atoms with Crippen molar-refractivity contribution in [3.05, 3.63) is 275 Å². The fourth-order valence-electron chi connectivity index (χ4n) is 10.1. The molecule has 0 fully saturated rings. The average molecular weight is 1350 g/mol. The van der Waals surface area contributed by atoms with E-state index in [2.05, 4.69) is 0 Å². The SMILES string of the molecule is COCOc1ccc(C(=Nc2ccc(-c3ccc(N=C(c4ccc(OCOC)cc4)c4ccc(OCOC)cc4)c(N=C(c4ccc(OCOC)cc4)c4ccc(OCOC)cc4)c3)cc2N=C(c2ccc(OCOC)cc2)c2ccc(OCOC)cc2)c2ccc(OCOC)cc2)cc1. The molecule has 0 aliphatic carbocycles. The minimum atomic E-state index is 0.0721. The van der Waals surface area contributed by atoms with Gasteiger partial charge in [0.05, 0.1) is 45.6 Å². The van der Waals surface area contributed by atoms with Crippen LogP contribution in [-0.4, -0.2) is 134 Å². The molecule has 514 valence electrons. The average Bonchev–Trinajstić information content (AvgIpc) is 0.792. The van der Waals surface area contributed by atoms with Gasteiger partial charge in [0.2, 0.25) is 0 Å². The van der Waals surface area contributed by atoms with E-state index in [1.165, 1.54) is 0 Å². The van der Waals surface area contributed by atoms with Crippen LogP contribution < -0.4 is 37.9 Å². The first-order valence-corrected chi connectivity index (χ1v) is 31.6. The second kappa shape index (κ2) is 37.6. The molecule has 100 heavy (non-hydrogen) atoms. The molecule has 20 nitrogen and oxygen atoms in total. The van der Waals surface area contributed by atoms with E-state index >= 15 is 0 Å². The van der Waals surface area contributed by atoms with E-state index in [1.54, 1.807) is 56.9 Å². The predicted molar refractivity (Wildman–Crippen MR) is 385 cm³/mol. The summed E-state index contributed by atoms with van der Waals surface area (Å²) in [5.41, 5.74) is 12.4. The number of rotatable bonds is 37.